The summed E-state index contributed by atoms with van der Waals surface area (Å²) in [6.07, 6.45) is 0. The number of piperazine rings is 1. The molecule has 7 heteroatoms. The summed E-state index contributed by atoms with van der Waals surface area (Å²) in [5.41, 5.74) is 0.873. The molecule has 0 amide bonds. The molecular weight excluding hydrogens is 362 g/mol. The van der Waals surface area contributed by atoms with Crippen LogP contribution >= 0.6 is 15.9 Å². The van der Waals surface area contributed by atoms with Crippen molar-refractivity contribution >= 4 is 21.6 Å². The number of rotatable bonds is 4. The van der Waals surface area contributed by atoms with E-state index in [1.54, 1.807) is 6.07 Å². The molecule has 2 aromatic rings. The van der Waals surface area contributed by atoms with Crippen LogP contribution in [-0.2, 0) is 6.54 Å². The Morgan fingerprint density at radius 2 is 2.26 bits per heavy atom. The van der Waals surface area contributed by atoms with Crippen molar-refractivity contribution in [1.82, 2.24) is 10.2 Å². The summed E-state index contributed by atoms with van der Waals surface area (Å²) in [6, 6.07) is 9.05. The molecule has 122 valence electrons. The number of non-ortho nitro benzene ring substituents is 1. The number of hydrogen-bond donors (Lipinski definition) is 1. The second-order valence-electron chi connectivity index (χ2n) is 5.78. The van der Waals surface area contributed by atoms with Gasteiger partial charge in [0, 0.05) is 47.8 Å². The van der Waals surface area contributed by atoms with Gasteiger partial charge in [-0.15, -0.1) is 0 Å². The smallest absolute Gasteiger partial charge is 0.270 e. The third-order valence-corrected chi connectivity index (χ3v) is 4.58. The maximum Gasteiger partial charge on any atom is 0.270 e. The van der Waals surface area contributed by atoms with Crippen LogP contribution in [0.3, 0.4) is 0 Å². The molecule has 1 aliphatic heterocycles. The molecule has 0 spiro atoms. The summed E-state index contributed by atoms with van der Waals surface area (Å²) in [5, 5.41) is 14.2. The predicted molar refractivity (Wildman–Crippen MR) is 91.2 cm³/mol. The summed E-state index contributed by atoms with van der Waals surface area (Å²) in [6.45, 7) is 5.94. The van der Waals surface area contributed by atoms with E-state index in [1.165, 1.54) is 12.1 Å². The van der Waals surface area contributed by atoms with Gasteiger partial charge >= 0.3 is 0 Å². The lowest BCUT2D eigenvalue weighted by Gasteiger charge is -2.31. The number of hydrogen-bond acceptors (Lipinski definition) is 5. The molecule has 1 aromatic heterocycles. The van der Waals surface area contributed by atoms with Crippen molar-refractivity contribution in [3.8, 4) is 11.3 Å². The maximum absolute atomic E-state index is 10.8. The molecule has 1 N–H and O–H groups in total. The highest BCUT2D eigenvalue weighted by Crippen LogP contribution is 2.32. The minimum absolute atomic E-state index is 0.0576. The highest BCUT2D eigenvalue weighted by molar-refractivity contribution is 9.10. The zero-order valence-corrected chi connectivity index (χ0v) is 14.4. The fourth-order valence-electron chi connectivity index (χ4n) is 2.80. The Bertz CT molecular complexity index is 716. The quantitative estimate of drug-likeness (QED) is 0.650. The van der Waals surface area contributed by atoms with E-state index in [9.17, 15) is 10.1 Å². The Kier molecular flexibility index (Phi) is 4.79. The van der Waals surface area contributed by atoms with Crippen LogP contribution in [0.15, 0.2) is 39.2 Å². The fraction of sp³-hybridized carbons (Fsp3) is 0.375. The van der Waals surface area contributed by atoms with Gasteiger partial charge < -0.3 is 9.73 Å². The first-order valence-corrected chi connectivity index (χ1v) is 8.31. The van der Waals surface area contributed by atoms with E-state index in [4.69, 9.17) is 4.42 Å². The normalized spacial score (nSPS) is 19.0. The number of nitro groups is 1. The van der Waals surface area contributed by atoms with Crippen molar-refractivity contribution in [2.24, 2.45) is 0 Å². The molecule has 1 aliphatic rings. The molecule has 0 saturated carbocycles. The van der Waals surface area contributed by atoms with E-state index >= 15 is 0 Å². The monoisotopic (exact) mass is 379 g/mol. The zero-order chi connectivity index (χ0) is 16.4. The van der Waals surface area contributed by atoms with Gasteiger partial charge in [-0.3, -0.25) is 15.0 Å². The minimum Gasteiger partial charge on any atom is -0.460 e. The first-order chi connectivity index (χ1) is 11.0. The molecule has 0 unspecified atom stereocenters. The Labute approximate surface area is 142 Å². The van der Waals surface area contributed by atoms with Gasteiger partial charge in [0.25, 0.3) is 5.69 Å². The Morgan fingerprint density at radius 3 is 2.96 bits per heavy atom. The fourth-order valence-corrected chi connectivity index (χ4v) is 3.36. The third-order valence-electron chi connectivity index (χ3n) is 3.92. The second kappa shape index (κ2) is 6.82. The van der Waals surface area contributed by atoms with E-state index in [1.807, 2.05) is 12.1 Å². The van der Waals surface area contributed by atoms with Gasteiger partial charge in [0.2, 0.25) is 0 Å². The van der Waals surface area contributed by atoms with E-state index < -0.39 is 4.92 Å². The van der Waals surface area contributed by atoms with Gasteiger partial charge in [-0.25, -0.2) is 0 Å². The van der Waals surface area contributed by atoms with Crippen molar-refractivity contribution in [1.29, 1.82) is 0 Å². The van der Waals surface area contributed by atoms with E-state index in [-0.39, 0.29) is 5.69 Å². The van der Waals surface area contributed by atoms with Crippen LogP contribution < -0.4 is 5.32 Å². The molecule has 1 saturated heterocycles. The summed E-state index contributed by atoms with van der Waals surface area (Å²) in [4.78, 5) is 12.8. The second-order valence-corrected chi connectivity index (χ2v) is 6.63. The molecule has 0 aliphatic carbocycles. The lowest BCUT2D eigenvalue weighted by atomic mass is 10.1. The molecule has 2 heterocycles. The number of halogens is 1. The molecule has 0 radical (unpaired) electrons. The molecule has 23 heavy (non-hydrogen) atoms. The topological polar surface area (TPSA) is 71.5 Å². The van der Waals surface area contributed by atoms with Crippen molar-refractivity contribution < 1.29 is 9.34 Å². The summed E-state index contributed by atoms with van der Waals surface area (Å²) in [7, 11) is 0. The van der Waals surface area contributed by atoms with E-state index in [0.717, 1.165) is 37.5 Å². The van der Waals surface area contributed by atoms with Crippen molar-refractivity contribution in [2.75, 3.05) is 19.6 Å². The van der Waals surface area contributed by atoms with Crippen LogP contribution in [0.25, 0.3) is 11.3 Å². The third kappa shape index (κ3) is 3.80. The first-order valence-electron chi connectivity index (χ1n) is 7.51. The van der Waals surface area contributed by atoms with Gasteiger partial charge in [-0.1, -0.05) is 0 Å². The average Bonchev–Trinajstić information content (AvgIpc) is 2.95. The van der Waals surface area contributed by atoms with Crippen molar-refractivity contribution in [3.05, 3.63) is 50.7 Å². The lowest BCUT2D eigenvalue weighted by molar-refractivity contribution is -0.384. The van der Waals surface area contributed by atoms with Crippen LogP contribution in [0.4, 0.5) is 5.69 Å². The van der Waals surface area contributed by atoms with Crippen LogP contribution in [0, 0.1) is 10.1 Å². The van der Waals surface area contributed by atoms with Gasteiger partial charge in [0.1, 0.15) is 11.5 Å². The van der Waals surface area contributed by atoms with Gasteiger partial charge in [-0.2, -0.15) is 0 Å². The van der Waals surface area contributed by atoms with E-state index in [2.05, 4.69) is 33.1 Å². The highest BCUT2D eigenvalue weighted by atomic mass is 79.9. The standard InChI is InChI=1S/C16H18BrN3O3/c1-11-9-19(7-6-18-11)10-13-3-5-16(23-13)14-4-2-12(20(21)22)8-15(14)17/h2-5,8,11,18H,6-7,9-10H2,1H3/t11-/m0/s1. The van der Waals surface area contributed by atoms with Crippen LogP contribution in [0.2, 0.25) is 0 Å². The van der Waals surface area contributed by atoms with Gasteiger partial charge in [0.05, 0.1) is 11.5 Å². The molecule has 1 aromatic carbocycles. The SMILES string of the molecule is C[C@H]1CN(Cc2ccc(-c3ccc([N+](=O)[O-])cc3Br)o2)CCN1. The highest BCUT2D eigenvalue weighted by Gasteiger charge is 2.18. The molecule has 6 nitrogen and oxygen atoms in total. The van der Waals surface area contributed by atoms with Gasteiger partial charge in [0.15, 0.2) is 0 Å². The van der Waals surface area contributed by atoms with Gasteiger partial charge in [-0.05, 0) is 41.1 Å². The van der Waals surface area contributed by atoms with Crippen molar-refractivity contribution in [3.63, 3.8) is 0 Å². The molecular formula is C16H18BrN3O3. The lowest BCUT2D eigenvalue weighted by Crippen LogP contribution is -2.48. The summed E-state index contributed by atoms with van der Waals surface area (Å²) >= 11 is 3.38. The summed E-state index contributed by atoms with van der Waals surface area (Å²) in [5.74, 6) is 1.62. The Morgan fingerprint density at radius 1 is 1.43 bits per heavy atom. The van der Waals surface area contributed by atoms with E-state index in [0.29, 0.717) is 16.3 Å². The van der Waals surface area contributed by atoms with Crippen LogP contribution in [0.1, 0.15) is 12.7 Å². The largest absolute Gasteiger partial charge is 0.460 e. The number of nitrogens with one attached hydrogen (secondary N) is 1. The number of benzene rings is 1. The number of nitrogens with zero attached hydrogens (tertiary/aromatic N) is 2. The van der Waals surface area contributed by atoms with Crippen LogP contribution in [0.5, 0.6) is 0 Å². The average molecular weight is 380 g/mol. The predicted octanol–water partition coefficient (Wildman–Crippen LogP) is 3.41. The Balaban J connectivity index is 1.75. The zero-order valence-electron chi connectivity index (χ0n) is 12.8. The van der Waals surface area contributed by atoms with Crippen LogP contribution in [-0.4, -0.2) is 35.5 Å². The Hall–Kier alpha value is -1.70. The first kappa shape index (κ1) is 16.2. The minimum atomic E-state index is -0.409. The number of furan rings is 1. The molecule has 0 bridgehead atoms. The summed E-state index contributed by atoms with van der Waals surface area (Å²) < 4.78 is 6.58. The molecule has 1 atom stereocenters. The maximum atomic E-state index is 10.8. The number of nitro benzene ring substituents is 1. The molecule has 3 rings (SSSR count). The molecule has 1 fully saturated rings. The van der Waals surface area contributed by atoms with Crippen molar-refractivity contribution in [2.45, 2.75) is 19.5 Å².